The standard InChI is InChI=1S/C17H26N4/c1-3-19-11-13-20(14-12-19)16-5-7-17(8-6-16)21-10-4-9-18(2)15-21/h4-8,10H,3,9,11-15H2,1-2H3. The van der Waals surface area contributed by atoms with E-state index in [1.54, 1.807) is 0 Å². The average Bonchev–Trinajstić information content (AvgIpc) is 2.55. The fourth-order valence-electron chi connectivity index (χ4n) is 3.06. The highest BCUT2D eigenvalue weighted by atomic mass is 15.3. The molecular weight excluding hydrogens is 260 g/mol. The van der Waals surface area contributed by atoms with Crippen LogP contribution in [0.15, 0.2) is 36.5 Å². The molecule has 0 aliphatic carbocycles. The Bertz CT molecular complexity index is 474. The third kappa shape index (κ3) is 3.39. The molecule has 0 N–H and O–H groups in total. The summed E-state index contributed by atoms with van der Waals surface area (Å²) in [5.41, 5.74) is 2.62. The number of likely N-dealkylation sites (N-methyl/N-ethyl adjacent to an activating group) is 2. The van der Waals surface area contributed by atoms with Gasteiger partial charge in [-0.3, -0.25) is 4.90 Å². The van der Waals surface area contributed by atoms with Crippen LogP contribution >= 0.6 is 0 Å². The van der Waals surface area contributed by atoms with Crippen molar-refractivity contribution in [2.24, 2.45) is 0 Å². The maximum absolute atomic E-state index is 2.51. The summed E-state index contributed by atoms with van der Waals surface area (Å²) < 4.78 is 0. The summed E-state index contributed by atoms with van der Waals surface area (Å²) in [5, 5.41) is 0. The van der Waals surface area contributed by atoms with Crippen LogP contribution in [-0.4, -0.2) is 62.8 Å². The molecule has 1 saturated heterocycles. The van der Waals surface area contributed by atoms with Crippen molar-refractivity contribution in [2.75, 3.05) is 62.8 Å². The molecule has 0 bridgehead atoms. The first kappa shape index (κ1) is 14.4. The van der Waals surface area contributed by atoms with Crippen LogP contribution in [0.3, 0.4) is 0 Å². The van der Waals surface area contributed by atoms with Gasteiger partial charge in [-0.15, -0.1) is 0 Å². The first-order valence-corrected chi connectivity index (χ1v) is 7.95. The Balaban J connectivity index is 1.64. The lowest BCUT2D eigenvalue weighted by Gasteiger charge is -2.36. The van der Waals surface area contributed by atoms with Gasteiger partial charge in [-0.25, -0.2) is 0 Å². The quantitative estimate of drug-likeness (QED) is 0.843. The highest BCUT2D eigenvalue weighted by Gasteiger charge is 2.16. The van der Waals surface area contributed by atoms with E-state index in [1.807, 2.05) is 0 Å². The van der Waals surface area contributed by atoms with Gasteiger partial charge in [0.2, 0.25) is 0 Å². The molecule has 0 saturated carbocycles. The number of hydrogen-bond donors (Lipinski definition) is 0. The van der Waals surface area contributed by atoms with Gasteiger partial charge < -0.3 is 14.7 Å². The molecule has 1 fully saturated rings. The minimum Gasteiger partial charge on any atom is -0.369 e. The predicted octanol–water partition coefficient (Wildman–Crippen LogP) is 2.05. The van der Waals surface area contributed by atoms with E-state index in [2.05, 4.69) is 70.1 Å². The fraction of sp³-hybridized carbons (Fsp3) is 0.529. The molecule has 0 spiro atoms. The van der Waals surface area contributed by atoms with E-state index < -0.39 is 0 Å². The second kappa shape index (κ2) is 6.50. The molecule has 2 aliphatic heterocycles. The normalized spacial score (nSPS) is 21.0. The molecule has 3 rings (SSSR count). The lowest BCUT2D eigenvalue weighted by Crippen LogP contribution is -2.46. The Morgan fingerprint density at radius 2 is 1.62 bits per heavy atom. The summed E-state index contributed by atoms with van der Waals surface area (Å²) in [7, 11) is 2.15. The van der Waals surface area contributed by atoms with Gasteiger partial charge in [-0.05, 0) is 37.9 Å². The van der Waals surface area contributed by atoms with Crippen molar-refractivity contribution < 1.29 is 0 Å². The van der Waals surface area contributed by atoms with Gasteiger partial charge in [0.25, 0.3) is 0 Å². The van der Waals surface area contributed by atoms with Crippen molar-refractivity contribution in [1.82, 2.24) is 9.80 Å². The monoisotopic (exact) mass is 286 g/mol. The van der Waals surface area contributed by atoms with Crippen molar-refractivity contribution >= 4 is 11.4 Å². The summed E-state index contributed by atoms with van der Waals surface area (Å²) in [6, 6.07) is 9.01. The van der Waals surface area contributed by atoms with Crippen molar-refractivity contribution in [1.29, 1.82) is 0 Å². The van der Waals surface area contributed by atoms with E-state index in [9.17, 15) is 0 Å². The van der Waals surface area contributed by atoms with E-state index >= 15 is 0 Å². The molecule has 0 amide bonds. The first-order valence-electron chi connectivity index (χ1n) is 7.95. The van der Waals surface area contributed by atoms with E-state index in [0.717, 1.165) is 26.3 Å². The summed E-state index contributed by atoms with van der Waals surface area (Å²) in [5.74, 6) is 0. The average molecular weight is 286 g/mol. The van der Waals surface area contributed by atoms with Gasteiger partial charge in [0.05, 0.1) is 6.67 Å². The number of benzene rings is 1. The Kier molecular flexibility index (Phi) is 4.46. The highest BCUT2D eigenvalue weighted by molar-refractivity contribution is 5.58. The summed E-state index contributed by atoms with van der Waals surface area (Å²) >= 11 is 0. The van der Waals surface area contributed by atoms with E-state index in [-0.39, 0.29) is 0 Å². The van der Waals surface area contributed by atoms with Crippen LogP contribution < -0.4 is 9.80 Å². The zero-order valence-electron chi connectivity index (χ0n) is 13.2. The van der Waals surface area contributed by atoms with Crippen LogP contribution in [0.5, 0.6) is 0 Å². The zero-order valence-corrected chi connectivity index (χ0v) is 13.2. The van der Waals surface area contributed by atoms with Gasteiger partial charge in [0, 0.05) is 50.3 Å². The lowest BCUT2D eigenvalue weighted by molar-refractivity contribution is 0.271. The van der Waals surface area contributed by atoms with Gasteiger partial charge in [0.15, 0.2) is 0 Å². The Hall–Kier alpha value is -1.52. The Labute approximate surface area is 128 Å². The van der Waals surface area contributed by atoms with Crippen LogP contribution in [0, 0.1) is 0 Å². The van der Waals surface area contributed by atoms with Crippen LogP contribution in [-0.2, 0) is 0 Å². The second-order valence-corrected chi connectivity index (χ2v) is 5.97. The van der Waals surface area contributed by atoms with Crippen LogP contribution in [0.1, 0.15) is 6.92 Å². The van der Waals surface area contributed by atoms with Gasteiger partial charge in [0.1, 0.15) is 0 Å². The molecule has 21 heavy (non-hydrogen) atoms. The van der Waals surface area contributed by atoms with Gasteiger partial charge >= 0.3 is 0 Å². The number of piperazine rings is 1. The number of nitrogens with zero attached hydrogens (tertiary/aromatic N) is 4. The molecule has 1 aromatic rings. The molecule has 4 heteroatoms. The molecule has 2 heterocycles. The van der Waals surface area contributed by atoms with Crippen molar-refractivity contribution in [3.63, 3.8) is 0 Å². The van der Waals surface area contributed by atoms with Crippen LogP contribution in [0.25, 0.3) is 0 Å². The maximum atomic E-state index is 2.51. The molecule has 0 radical (unpaired) electrons. The molecule has 0 unspecified atom stereocenters. The smallest absolute Gasteiger partial charge is 0.0750 e. The van der Waals surface area contributed by atoms with Crippen molar-refractivity contribution in [2.45, 2.75) is 6.92 Å². The molecule has 2 aliphatic rings. The summed E-state index contributed by atoms with van der Waals surface area (Å²) in [4.78, 5) is 9.60. The van der Waals surface area contributed by atoms with Crippen LogP contribution in [0.4, 0.5) is 11.4 Å². The maximum Gasteiger partial charge on any atom is 0.0750 e. The lowest BCUT2D eigenvalue weighted by atomic mass is 10.2. The second-order valence-electron chi connectivity index (χ2n) is 5.97. The summed E-state index contributed by atoms with van der Waals surface area (Å²) in [6.07, 6.45) is 4.40. The van der Waals surface area contributed by atoms with E-state index in [1.165, 1.54) is 31.0 Å². The fourth-order valence-corrected chi connectivity index (χ4v) is 3.06. The first-order chi connectivity index (χ1) is 10.3. The molecule has 0 atom stereocenters. The van der Waals surface area contributed by atoms with Crippen LogP contribution in [0.2, 0.25) is 0 Å². The van der Waals surface area contributed by atoms with Gasteiger partial charge in [-0.2, -0.15) is 0 Å². The highest BCUT2D eigenvalue weighted by Crippen LogP contribution is 2.23. The third-order valence-corrected chi connectivity index (χ3v) is 4.46. The van der Waals surface area contributed by atoms with E-state index in [0.29, 0.717) is 0 Å². The number of hydrogen-bond acceptors (Lipinski definition) is 4. The van der Waals surface area contributed by atoms with Crippen molar-refractivity contribution in [3.05, 3.63) is 36.5 Å². The minimum absolute atomic E-state index is 0.963. The Morgan fingerprint density at radius 3 is 2.24 bits per heavy atom. The van der Waals surface area contributed by atoms with Gasteiger partial charge in [-0.1, -0.05) is 13.0 Å². The van der Waals surface area contributed by atoms with E-state index in [4.69, 9.17) is 0 Å². The molecule has 114 valence electrons. The molecule has 1 aromatic carbocycles. The molecule has 0 aromatic heterocycles. The summed E-state index contributed by atoms with van der Waals surface area (Å²) in [6.45, 7) is 10.0. The number of anilines is 2. The predicted molar refractivity (Wildman–Crippen MR) is 89.9 cm³/mol. The topological polar surface area (TPSA) is 13.0 Å². The zero-order chi connectivity index (χ0) is 14.7. The minimum atomic E-state index is 0.963. The SMILES string of the molecule is CCN1CCN(c2ccc(N3C=CCN(C)C3)cc2)CC1. The largest absolute Gasteiger partial charge is 0.369 e. The molecule has 4 nitrogen and oxygen atoms in total. The molecular formula is C17H26N4. The Morgan fingerprint density at radius 1 is 0.952 bits per heavy atom. The van der Waals surface area contributed by atoms with Crippen molar-refractivity contribution in [3.8, 4) is 0 Å². The number of rotatable bonds is 3. The third-order valence-electron chi connectivity index (χ3n) is 4.46.